The summed E-state index contributed by atoms with van der Waals surface area (Å²) >= 11 is -2.68. The number of rotatable bonds is 18. The molecule has 37 heavy (non-hydrogen) atoms. The van der Waals surface area contributed by atoms with Crippen LogP contribution in [0.5, 0.6) is 0 Å². The van der Waals surface area contributed by atoms with E-state index < -0.39 is 31.2 Å². The molecule has 0 saturated heterocycles. The number of carbonyl (C=O) groups excluding carboxylic acids is 1. The summed E-state index contributed by atoms with van der Waals surface area (Å²) in [4.78, 5) is 14.3. The van der Waals surface area contributed by atoms with Crippen LogP contribution < -0.4 is 10.6 Å². The van der Waals surface area contributed by atoms with E-state index in [9.17, 15) is 9.36 Å². The van der Waals surface area contributed by atoms with E-state index in [4.69, 9.17) is 4.52 Å². The molecule has 0 N–H and O–H groups in total. The van der Waals surface area contributed by atoms with Crippen molar-refractivity contribution in [1.82, 2.24) is 0 Å². The van der Waals surface area contributed by atoms with Crippen LogP contribution in [-0.2, 0) is 13.9 Å². The first-order chi connectivity index (χ1) is 17.8. The Balaban J connectivity index is 2.51. The molecule has 0 saturated carbocycles. The third-order valence-electron chi connectivity index (χ3n) is 7.93. The van der Waals surface area contributed by atoms with Crippen molar-refractivity contribution in [3.05, 3.63) is 60.7 Å². The van der Waals surface area contributed by atoms with Crippen LogP contribution in [0.2, 0.25) is 17.7 Å². The summed E-state index contributed by atoms with van der Waals surface area (Å²) in [5.74, 6) is -0.248. The fourth-order valence-corrected chi connectivity index (χ4v) is 26.5. The molecular weight excluding hydrogens is 582 g/mol. The van der Waals surface area contributed by atoms with E-state index in [0.29, 0.717) is 10.6 Å². The number of benzene rings is 2. The van der Waals surface area contributed by atoms with Crippen molar-refractivity contribution in [3.63, 3.8) is 0 Å². The molecule has 2 aromatic rings. The van der Waals surface area contributed by atoms with Gasteiger partial charge in [-0.15, -0.1) is 0 Å². The molecule has 3 nitrogen and oxygen atoms in total. The van der Waals surface area contributed by atoms with Gasteiger partial charge < -0.3 is 0 Å². The fourth-order valence-electron chi connectivity index (χ4n) is 5.68. The van der Waals surface area contributed by atoms with Crippen LogP contribution in [0.1, 0.15) is 92.4 Å². The average Bonchev–Trinajstić information content (AvgIpc) is 2.93. The monoisotopic (exact) mass is 634 g/mol. The van der Waals surface area contributed by atoms with Crippen LogP contribution in [-0.4, -0.2) is 24.3 Å². The van der Waals surface area contributed by atoms with Gasteiger partial charge in [0.15, 0.2) is 0 Å². The van der Waals surface area contributed by atoms with Crippen molar-refractivity contribution in [2.75, 3.05) is 0 Å². The molecule has 206 valence electrons. The standard InChI is InChI=1S/C20H24O3P.3C4H9.Sn/c1-4-5-16-20(2,3)19(21)23-24(22,17-12-8-6-9-13-17)18-14-10-7-11-15-18;3*1-3-4-2;/h6-15H,2,4-5,16H2,1,3H3;3*1,3-4H2,2H3;. The van der Waals surface area contributed by atoms with E-state index in [-0.39, 0.29) is 5.97 Å². The average molecular weight is 633 g/mol. The molecule has 2 rings (SSSR count). The van der Waals surface area contributed by atoms with Gasteiger partial charge in [-0.3, -0.25) is 0 Å². The summed E-state index contributed by atoms with van der Waals surface area (Å²) in [6.07, 6.45) is 10.3. The number of carbonyl (C=O) groups is 1. The Hall–Kier alpha value is -1.06. The van der Waals surface area contributed by atoms with Crippen molar-refractivity contribution >= 4 is 42.3 Å². The first kappa shape index (κ1) is 32.2. The summed E-state index contributed by atoms with van der Waals surface area (Å²) < 4.78 is 26.0. The molecule has 1 atom stereocenters. The van der Waals surface area contributed by atoms with Crippen molar-refractivity contribution in [3.8, 4) is 0 Å². The molecule has 0 radical (unpaired) electrons. The molecule has 0 spiro atoms. The Morgan fingerprint density at radius 3 is 1.51 bits per heavy atom. The molecule has 5 heteroatoms. The SMILES string of the molecule is CCCCC(C)([CH2][Sn]([CH2]CCC)([CH2]CCC)[CH2]CCC)C(=O)OP(=O)(c1ccccc1)c1ccccc1. The molecule has 1 unspecified atom stereocenters. The van der Waals surface area contributed by atoms with Gasteiger partial charge >= 0.3 is 232 Å². The number of hydrogen-bond acceptors (Lipinski definition) is 3. The molecule has 0 fully saturated rings. The zero-order valence-electron chi connectivity index (χ0n) is 24.1. The van der Waals surface area contributed by atoms with Gasteiger partial charge in [-0.05, 0) is 0 Å². The van der Waals surface area contributed by atoms with Crippen molar-refractivity contribution in [2.24, 2.45) is 5.41 Å². The number of hydrogen-bond donors (Lipinski definition) is 0. The first-order valence-electron chi connectivity index (χ1n) is 14.7. The molecule has 0 heterocycles. The van der Waals surface area contributed by atoms with Gasteiger partial charge in [0.05, 0.1) is 0 Å². The predicted octanol–water partition coefficient (Wildman–Crippen LogP) is 9.50. The maximum absolute atomic E-state index is 14.6. The minimum absolute atomic E-state index is 0.248. The molecule has 2 aromatic carbocycles. The van der Waals surface area contributed by atoms with Gasteiger partial charge in [0.1, 0.15) is 0 Å². The van der Waals surface area contributed by atoms with Crippen LogP contribution in [0, 0.1) is 5.41 Å². The summed E-state index contributed by atoms with van der Waals surface area (Å²) in [7, 11) is -3.56. The quantitative estimate of drug-likeness (QED) is 0.121. The Morgan fingerprint density at radius 1 is 0.730 bits per heavy atom. The Bertz CT molecular complexity index is 897. The second-order valence-electron chi connectivity index (χ2n) is 11.3. The third kappa shape index (κ3) is 9.27. The van der Waals surface area contributed by atoms with Crippen molar-refractivity contribution in [2.45, 2.75) is 110 Å². The summed E-state index contributed by atoms with van der Waals surface area (Å²) in [5, 5.41) is 1.18. The minimum atomic E-state index is -3.56. The van der Waals surface area contributed by atoms with E-state index in [2.05, 4.69) is 34.6 Å². The van der Waals surface area contributed by atoms with Crippen LogP contribution in [0.3, 0.4) is 0 Å². The molecule has 0 bridgehead atoms. The second-order valence-corrected chi connectivity index (χ2v) is 27.4. The Labute approximate surface area is 231 Å². The van der Waals surface area contributed by atoms with E-state index in [1.807, 2.05) is 60.7 Å². The molecule has 0 aliphatic rings. The molecule has 0 amide bonds. The van der Waals surface area contributed by atoms with E-state index in [0.717, 1.165) is 23.7 Å². The van der Waals surface area contributed by atoms with Crippen molar-refractivity contribution < 1.29 is 13.9 Å². The van der Waals surface area contributed by atoms with Gasteiger partial charge in [0, 0.05) is 0 Å². The van der Waals surface area contributed by atoms with Gasteiger partial charge in [-0.1, -0.05) is 0 Å². The first-order valence-corrected chi connectivity index (χ1v) is 24.4. The van der Waals surface area contributed by atoms with Crippen LogP contribution in [0.25, 0.3) is 0 Å². The second kappa shape index (κ2) is 16.1. The summed E-state index contributed by atoms with van der Waals surface area (Å²) in [6.45, 7) is 11.2. The molecule has 0 aliphatic carbocycles. The predicted molar refractivity (Wildman–Crippen MR) is 163 cm³/mol. The van der Waals surface area contributed by atoms with Crippen molar-refractivity contribution in [1.29, 1.82) is 0 Å². The fraction of sp³-hybridized carbons (Fsp3) is 0.594. The third-order valence-corrected chi connectivity index (χ3v) is 26.8. The van der Waals surface area contributed by atoms with Crippen LogP contribution in [0.4, 0.5) is 0 Å². The van der Waals surface area contributed by atoms with E-state index in [1.54, 1.807) is 0 Å². The van der Waals surface area contributed by atoms with Crippen LogP contribution in [0.15, 0.2) is 60.7 Å². The number of unbranched alkanes of at least 4 members (excludes halogenated alkanes) is 4. The van der Waals surface area contributed by atoms with Gasteiger partial charge in [0.2, 0.25) is 0 Å². The normalized spacial score (nSPS) is 13.8. The topological polar surface area (TPSA) is 43.4 Å². The van der Waals surface area contributed by atoms with Gasteiger partial charge in [0.25, 0.3) is 0 Å². The maximum atomic E-state index is 14.6. The Morgan fingerprint density at radius 2 is 1.14 bits per heavy atom. The molecule has 0 aliphatic heterocycles. The van der Waals surface area contributed by atoms with Gasteiger partial charge in [-0.25, -0.2) is 0 Å². The zero-order chi connectivity index (χ0) is 27.2. The molecule has 0 aromatic heterocycles. The zero-order valence-corrected chi connectivity index (χ0v) is 27.9. The van der Waals surface area contributed by atoms with E-state index in [1.165, 1.54) is 51.8 Å². The summed E-state index contributed by atoms with van der Waals surface area (Å²) in [6, 6.07) is 18.6. The van der Waals surface area contributed by atoms with Crippen LogP contribution >= 0.6 is 7.37 Å². The molecular formula is C32H51O3PSn. The Kier molecular flexibility index (Phi) is 14.0. The van der Waals surface area contributed by atoms with E-state index >= 15 is 0 Å². The summed E-state index contributed by atoms with van der Waals surface area (Å²) in [5.41, 5.74) is -0.583. The van der Waals surface area contributed by atoms with Gasteiger partial charge in [-0.2, -0.15) is 0 Å².